The van der Waals surface area contributed by atoms with E-state index in [4.69, 9.17) is 0 Å². The Hall–Kier alpha value is -2.20. The van der Waals surface area contributed by atoms with Crippen LogP contribution in [0.1, 0.15) is 5.69 Å². The van der Waals surface area contributed by atoms with Gasteiger partial charge in [0, 0.05) is 18.1 Å². The molecule has 10 heteroatoms. The van der Waals surface area contributed by atoms with Crippen molar-refractivity contribution in [3.63, 3.8) is 0 Å². The first-order valence-corrected chi connectivity index (χ1v) is 8.34. The highest BCUT2D eigenvalue weighted by Crippen LogP contribution is 2.36. The Morgan fingerprint density at radius 1 is 1.29 bits per heavy atom. The number of rotatable bonds is 5. The summed E-state index contributed by atoms with van der Waals surface area (Å²) in [5.41, 5.74) is -0.288. The monoisotopic (exact) mass is 369 g/mol. The number of allylic oxidation sites excluding steroid dienone is 1. The summed E-state index contributed by atoms with van der Waals surface area (Å²) in [6, 6.07) is 5.38. The fourth-order valence-electron chi connectivity index (χ4n) is 1.85. The normalized spacial score (nSPS) is 11.6. The molecule has 0 saturated carbocycles. The summed E-state index contributed by atoms with van der Waals surface area (Å²) in [4.78, 5) is 7.81. The molecular formula is C14H10F3N5S2. The second-order valence-electron chi connectivity index (χ2n) is 4.52. The van der Waals surface area contributed by atoms with E-state index in [1.54, 1.807) is 29.0 Å². The lowest BCUT2D eigenvalue weighted by Crippen LogP contribution is -2.05. The summed E-state index contributed by atoms with van der Waals surface area (Å²) < 4.78 is 39.9. The zero-order valence-corrected chi connectivity index (χ0v) is 13.7. The Bertz CT molecular complexity index is 842. The van der Waals surface area contributed by atoms with Crippen molar-refractivity contribution in [1.82, 2.24) is 24.7 Å². The highest BCUT2D eigenvalue weighted by atomic mass is 32.2. The summed E-state index contributed by atoms with van der Waals surface area (Å²) in [5, 5.41) is 9.56. The summed E-state index contributed by atoms with van der Waals surface area (Å²) in [7, 11) is 0. The first-order chi connectivity index (χ1) is 11.5. The fraction of sp³-hybridized carbons (Fsp3) is 0.143. The van der Waals surface area contributed by atoms with E-state index in [1.807, 2.05) is 6.07 Å². The van der Waals surface area contributed by atoms with Crippen molar-refractivity contribution in [3.8, 4) is 11.5 Å². The Kier molecular flexibility index (Phi) is 4.67. The third-order valence-corrected chi connectivity index (χ3v) is 4.80. The first kappa shape index (κ1) is 16.7. The molecule has 3 rings (SSSR count). The first-order valence-electron chi connectivity index (χ1n) is 6.65. The number of pyridine rings is 1. The number of halogens is 3. The average molecular weight is 369 g/mol. The van der Waals surface area contributed by atoms with Gasteiger partial charge in [0.15, 0.2) is 21.0 Å². The molecule has 0 radical (unpaired) electrons. The maximum atomic E-state index is 12.6. The van der Waals surface area contributed by atoms with E-state index in [2.05, 4.69) is 26.7 Å². The van der Waals surface area contributed by atoms with Crippen molar-refractivity contribution in [2.75, 3.05) is 0 Å². The molecule has 5 nitrogen and oxygen atoms in total. The van der Waals surface area contributed by atoms with Crippen LogP contribution in [0, 0.1) is 0 Å². The van der Waals surface area contributed by atoms with Crippen molar-refractivity contribution in [2.24, 2.45) is 0 Å². The fourth-order valence-corrected chi connectivity index (χ4v) is 3.62. The molecule has 0 saturated heterocycles. The van der Waals surface area contributed by atoms with Crippen LogP contribution >= 0.6 is 23.1 Å². The number of thiazole rings is 1. The number of alkyl halides is 3. The summed E-state index contributed by atoms with van der Waals surface area (Å²) in [6.45, 7) is 4.09. The summed E-state index contributed by atoms with van der Waals surface area (Å²) in [5.74, 6) is 0.519. The van der Waals surface area contributed by atoms with Crippen LogP contribution in [0.25, 0.3) is 11.5 Å². The number of hydrogen-bond donors (Lipinski definition) is 0. The van der Waals surface area contributed by atoms with Gasteiger partial charge in [-0.15, -0.1) is 28.1 Å². The predicted molar refractivity (Wildman–Crippen MR) is 84.7 cm³/mol. The predicted octanol–water partition coefficient (Wildman–Crippen LogP) is 4.15. The van der Waals surface area contributed by atoms with Crippen LogP contribution in [0.4, 0.5) is 13.2 Å². The van der Waals surface area contributed by atoms with Crippen molar-refractivity contribution < 1.29 is 13.2 Å². The Labute approximate surface area is 143 Å². The van der Waals surface area contributed by atoms with Crippen LogP contribution in [0.2, 0.25) is 0 Å². The minimum Gasteiger partial charge on any atom is -0.297 e. The second-order valence-corrected chi connectivity index (χ2v) is 6.59. The Morgan fingerprint density at radius 3 is 2.75 bits per heavy atom. The topological polar surface area (TPSA) is 56.5 Å². The molecule has 0 bridgehead atoms. The molecule has 124 valence electrons. The van der Waals surface area contributed by atoms with Gasteiger partial charge in [-0.05, 0) is 23.9 Å². The molecule has 0 aliphatic rings. The van der Waals surface area contributed by atoms with Gasteiger partial charge < -0.3 is 0 Å². The standard InChI is InChI=1S/C14H10F3N5S2/c1-2-7-22-11(9-5-3-4-6-18-9)20-21-12(22)24-13-19-10(8-23-13)14(15,16)17/h2-6,8H,1,7H2. The van der Waals surface area contributed by atoms with E-state index < -0.39 is 11.9 Å². The second kappa shape index (κ2) is 6.73. The van der Waals surface area contributed by atoms with Crippen molar-refractivity contribution in [3.05, 3.63) is 48.1 Å². The molecule has 24 heavy (non-hydrogen) atoms. The van der Waals surface area contributed by atoms with E-state index in [0.717, 1.165) is 28.5 Å². The molecule has 3 heterocycles. The van der Waals surface area contributed by atoms with E-state index in [-0.39, 0.29) is 4.34 Å². The highest BCUT2D eigenvalue weighted by molar-refractivity contribution is 8.00. The van der Waals surface area contributed by atoms with Crippen LogP contribution < -0.4 is 0 Å². The average Bonchev–Trinajstić information content (AvgIpc) is 3.17. The van der Waals surface area contributed by atoms with E-state index >= 15 is 0 Å². The Balaban J connectivity index is 1.92. The van der Waals surface area contributed by atoms with Crippen molar-refractivity contribution in [2.45, 2.75) is 22.2 Å². The van der Waals surface area contributed by atoms with E-state index in [9.17, 15) is 13.2 Å². The summed E-state index contributed by atoms with van der Waals surface area (Å²) in [6.07, 6.45) is -1.17. The van der Waals surface area contributed by atoms with Gasteiger partial charge in [-0.2, -0.15) is 13.2 Å². The maximum Gasteiger partial charge on any atom is 0.434 e. The quantitative estimate of drug-likeness (QED) is 0.632. The Morgan fingerprint density at radius 2 is 2.12 bits per heavy atom. The molecule has 3 aromatic heterocycles. The SMILES string of the molecule is C=CCn1c(Sc2nc(C(F)(F)F)cs2)nnc1-c1ccccn1. The van der Waals surface area contributed by atoms with Crippen molar-refractivity contribution >= 4 is 23.1 Å². The number of hydrogen-bond acceptors (Lipinski definition) is 6. The van der Waals surface area contributed by atoms with Crippen LogP contribution in [0.3, 0.4) is 0 Å². The van der Waals surface area contributed by atoms with Gasteiger partial charge in [-0.1, -0.05) is 12.1 Å². The third kappa shape index (κ3) is 3.49. The van der Waals surface area contributed by atoms with Gasteiger partial charge in [0.25, 0.3) is 0 Å². The molecule has 0 atom stereocenters. The molecule has 3 aromatic rings. The van der Waals surface area contributed by atoms with Crippen LogP contribution in [-0.2, 0) is 12.7 Å². The third-order valence-electron chi connectivity index (χ3n) is 2.87. The lowest BCUT2D eigenvalue weighted by molar-refractivity contribution is -0.141. The van der Waals surface area contributed by atoms with Crippen LogP contribution in [0.15, 0.2) is 51.9 Å². The lowest BCUT2D eigenvalue weighted by atomic mass is 10.3. The molecule has 0 aliphatic carbocycles. The molecule has 0 unspecified atom stereocenters. The largest absolute Gasteiger partial charge is 0.434 e. The zero-order chi connectivity index (χ0) is 17.2. The van der Waals surface area contributed by atoms with Gasteiger partial charge in [0.2, 0.25) is 0 Å². The molecule has 0 amide bonds. The molecule has 0 fully saturated rings. The van der Waals surface area contributed by atoms with Crippen molar-refractivity contribution in [1.29, 1.82) is 0 Å². The minimum atomic E-state index is -4.46. The molecule has 0 N–H and O–H groups in total. The summed E-state index contributed by atoms with van der Waals surface area (Å²) >= 11 is 1.94. The van der Waals surface area contributed by atoms with Gasteiger partial charge in [0.05, 0.1) is 0 Å². The van der Waals surface area contributed by atoms with Gasteiger partial charge >= 0.3 is 6.18 Å². The van der Waals surface area contributed by atoms with Gasteiger partial charge in [-0.25, -0.2) is 4.98 Å². The van der Waals surface area contributed by atoms with Crippen LogP contribution in [-0.4, -0.2) is 24.7 Å². The van der Waals surface area contributed by atoms with Gasteiger partial charge in [0.1, 0.15) is 5.69 Å². The minimum absolute atomic E-state index is 0.243. The van der Waals surface area contributed by atoms with Gasteiger partial charge in [-0.3, -0.25) is 9.55 Å². The smallest absolute Gasteiger partial charge is 0.297 e. The zero-order valence-electron chi connectivity index (χ0n) is 12.1. The van der Waals surface area contributed by atoms with E-state index in [0.29, 0.717) is 23.2 Å². The van der Waals surface area contributed by atoms with E-state index in [1.165, 1.54) is 0 Å². The molecule has 0 aromatic carbocycles. The molecule has 0 spiro atoms. The lowest BCUT2D eigenvalue weighted by Gasteiger charge is -2.06. The molecular weight excluding hydrogens is 359 g/mol. The number of nitrogens with zero attached hydrogens (tertiary/aromatic N) is 5. The maximum absolute atomic E-state index is 12.6. The highest BCUT2D eigenvalue weighted by Gasteiger charge is 2.34. The van der Waals surface area contributed by atoms with Crippen LogP contribution in [0.5, 0.6) is 0 Å². The molecule has 0 aliphatic heterocycles. The number of aromatic nitrogens is 5.